The van der Waals surface area contributed by atoms with Crippen molar-refractivity contribution >= 4 is 5.91 Å². The summed E-state index contributed by atoms with van der Waals surface area (Å²) in [4.78, 5) is 11.6. The molecule has 0 saturated carbocycles. The maximum atomic E-state index is 11.6. The minimum absolute atomic E-state index is 0.0170. The molecule has 6 heteroatoms. The lowest BCUT2D eigenvalue weighted by Crippen LogP contribution is -2.40. The Morgan fingerprint density at radius 2 is 2.22 bits per heavy atom. The molecule has 0 aliphatic rings. The molecule has 102 valence electrons. The molecule has 0 aliphatic carbocycles. The lowest BCUT2D eigenvalue weighted by molar-refractivity contribution is -0.121. The number of carbonyl (C=O) groups is 1. The van der Waals surface area contributed by atoms with Gasteiger partial charge in [-0.05, 0) is 20.8 Å². The Labute approximate surface area is 107 Å². The summed E-state index contributed by atoms with van der Waals surface area (Å²) in [5, 5.41) is 9.74. The summed E-state index contributed by atoms with van der Waals surface area (Å²) in [6.45, 7) is 6.99. The van der Waals surface area contributed by atoms with Gasteiger partial charge in [-0.2, -0.15) is 0 Å². The van der Waals surface area contributed by atoms with Gasteiger partial charge >= 0.3 is 0 Å². The standard InChI is InChI=1S/C12H21N3O3/c1-8(7-17-4)14-12(16)6-13-5-11-9(2)15-18-10(11)3/h8,13H,5-7H2,1-4H3,(H,14,16). The van der Waals surface area contributed by atoms with Crippen LogP contribution in [0.4, 0.5) is 0 Å². The zero-order valence-corrected chi connectivity index (χ0v) is 11.4. The molecule has 2 N–H and O–H groups in total. The number of methoxy groups -OCH3 is 1. The van der Waals surface area contributed by atoms with Crippen molar-refractivity contribution in [2.75, 3.05) is 20.3 Å². The molecule has 1 atom stereocenters. The van der Waals surface area contributed by atoms with Crippen molar-refractivity contribution in [3.8, 4) is 0 Å². The first-order valence-corrected chi connectivity index (χ1v) is 5.95. The third kappa shape index (κ3) is 4.46. The molecule has 1 heterocycles. The molecule has 18 heavy (non-hydrogen) atoms. The van der Waals surface area contributed by atoms with Crippen LogP contribution in [-0.4, -0.2) is 37.4 Å². The Kier molecular flexibility index (Phi) is 5.80. The molecular formula is C12H21N3O3. The zero-order chi connectivity index (χ0) is 13.5. The lowest BCUT2D eigenvalue weighted by Gasteiger charge is -2.12. The summed E-state index contributed by atoms with van der Waals surface area (Å²) in [5.41, 5.74) is 1.86. The van der Waals surface area contributed by atoms with Crippen LogP contribution >= 0.6 is 0 Å². The Morgan fingerprint density at radius 3 is 2.78 bits per heavy atom. The molecule has 0 spiro atoms. The number of aromatic nitrogens is 1. The van der Waals surface area contributed by atoms with Crippen molar-refractivity contribution in [3.63, 3.8) is 0 Å². The number of carbonyl (C=O) groups excluding carboxylic acids is 1. The number of nitrogens with zero attached hydrogens (tertiary/aromatic N) is 1. The second-order valence-electron chi connectivity index (χ2n) is 4.33. The van der Waals surface area contributed by atoms with E-state index in [0.717, 1.165) is 17.0 Å². The number of rotatable bonds is 7. The van der Waals surface area contributed by atoms with E-state index in [4.69, 9.17) is 9.26 Å². The number of nitrogens with one attached hydrogen (secondary N) is 2. The first kappa shape index (κ1) is 14.7. The number of ether oxygens (including phenoxy) is 1. The molecule has 0 radical (unpaired) electrons. The smallest absolute Gasteiger partial charge is 0.234 e. The predicted molar refractivity (Wildman–Crippen MR) is 67.2 cm³/mol. The first-order valence-electron chi connectivity index (χ1n) is 5.95. The van der Waals surface area contributed by atoms with E-state index in [9.17, 15) is 4.79 Å². The van der Waals surface area contributed by atoms with Gasteiger partial charge in [-0.3, -0.25) is 4.79 Å². The number of aryl methyl sites for hydroxylation is 2. The van der Waals surface area contributed by atoms with Crippen LogP contribution in [-0.2, 0) is 16.1 Å². The van der Waals surface area contributed by atoms with E-state index in [1.807, 2.05) is 20.8 Å². The summed E-state index contributed by atoms with van der Waals surface area (Å²) in [7, 11) is 1.61. The fourth-order valence-electron chi connectivity index (χ4n) is 1.67. The Hall–Kier alpha value is -1.40. The van der Waals surface area contributed by atoms with Crippen molar-refractivity contribution in [3.05, 3.63) is 17.0 Å². The van der Waals surface area contributed by atoms with E-state index in [1.165, 1.54) is 0 Å². The van der Waals surface area contributed by atoms with Crippen LogP contribution in [0.5, 0.6) is 0 Å². The SMILES string of the molecule is COCC(C)NC(=O)CNCc1c(C)noc1C. The molecule has 0 aromatic carbocycles. The fourth-order valence-corrected chi connectivity index (χ4v) is 1.67. The topological polar surface area (TPSA) is 76.4 Å². The largest absolute Gasteiger partial charge is 0.383 e. The van der Waals surface area contributed by atoms with Crippen LogP contribution in [0.2, 0.25) is 0 Å². The van der Waals surface area contributed by atoms with Gasteiger partial charge in [0.05, 0.1) is 18.8 Å². The maximum absolute atomic E-state index is 11.6. The van der Waals surface area contributed by atoms with Crippen LogP contribution in [0.3, 0.4) is 0 Å². The quantitative estimate of drug-likeness (QED) is 0.743. The molecule has 0 bridgehead atoms. The van der Waals surface area contributed by atoms with Gasteiger partial charge in [0.1, 0.15) is 5.76 Å². The fraction of sp³-hybridized carbons (Fsp3) is 0.667. The third-order valence-corrected chi connectivity index (χ3v) is 2.59. The van der Waals surface area contributed by atoms with Crippen LogP contribution in [0.15, 0.2) is 4.52 Å². The molecule has 1 aromatic heterocycles. The van der Waals surface area contributed by atoms with E-state index >= 15 is 0 Å². The van der Waals surface area contributed by atoms with Crippen molar-refractivity contribution in [1.82, 2.24) is 15.8 Å². The van der Waals surface area contributed by atoms with Crippen LogP contribution < -0.4 is 10.6 Å². The van der Waals surface area contributed by atoms with Gasteiger partial charge < -0.3 is 19.9 Å². The number of hydrogen-bond acceptors (Lipinski definition) is 5. The monoisotopic (exact) mass is 255 g/mol. The predicted octanol–water partition coefficient (Wildman–Crippen LogP) is 0.532. The molecule has 1 rings (SSSR count). The molecule has 0 saturated heterocycles. The van der Waals surface area contributed by atoms with Gasteiger partial charge in [0.2, 0.25) is 5.91 Å². The zero-order valence-electron chi connectivity index (χ0n) is 11.4. The van der Waals surface area contributed by atoms with Gasteiger partial charge in [0.25, 0.3) is 0 Å². The van der Waals surface area contributed by atoms with Gasteiger partial charge in [-0.1, -0.05) is 5.16 Å². The first-order chi connectivity index (χ1) is 8.54. The van der Waals surface area contributed by atoms with E-state index in [1.54, 1.807) is 7.11 Å². The normalized spacial score (nSPS) is 12.4. The molecule has 1 amide bonds. The lowest BCUT2D eigenvalue weighted by atomic mass is 10.2. The summed E-state index contributed by atoms with van der Waals surface area (Å²) in [6, 6.07) is 0.0170. The highest BCUT2D eigenvalue weighted by atomic mass is 16.5. The highest BCUT2D eigenvalue weighted by Crippen LogP contribution is 2.10. The van der Waals surface area contributed by atoms with Crippen molar-refractivity contribution < 1.29 is 14.1 Å². The van der Waals surface area contributed by atoms with Crippen molar-refractivity contribution in [2.24, 2.45) is 0 Å². The van der Waals surface area contributed by atoms with Crippen LogP contribution in [0.1, 0.15) is 23.9 Å². The Morgan fingerprint density at radius 1 is 1.50 bits per heavy atom. The van der Waals surface area contributed by atoms with Crippen molar-refractivity contribution in [1.29, 1.82) is 0 Å². The maximum Gasteiger partial charge on any atom is 0.234 e. The molecule has 0 fully saturated rings. The van der Waals surface area contributed by atoms with E-state index in [0.29, 0.717) is 13.2 Å². The minimum Gasteiger partial charge on any atom is -0.383 e. The third-order valence-electron chi connectivity index (χ3n) is 2.59. The summed E-state index contributed by atoms with van der Waals surface area (Å²) in [5.74, 6) is 0.736. The molecule has 1 unspecified atom stereocenters. The van der Waals surface area contributed by atoms with E-state index < -0.39 is 0 Å². The molecule has 6 nitrogen and oxygen atoms in total. The number of hydrogen-bond donors (Lipinski definition) is 2. The number of amides is 1. The van der Waals surface area contributed by atoms with Gasteiger partial charge in [-0.15, -0.1) is 0 Å². The van der Waals surface area contributed by atoms with Gasteiger partial charge in [-0.25, -0.2) is 0 Å². The summed E-state index contributed by atoms with van der Waals surface area (Å²) in [6.07, 6.45) is 0. The minimum atomic E-state index is -0.0497. The van der Waals surface area contributed by atoms with Crippen LogP contribution in [0, 0.1) is 13.8 Å². The van der Waals surface area contributed by atoms with Gasteiger partial charge in [0, 0.05) is 25.3 Å². The molecule has 0 aliphatic heterocycles. The average molecular weight is 255 g/mol. The van der Waals surface area contributed by atoms with E-state index in [2.05, 4.69) is 15.8 Å². The average Bonchev–Trinajstić information content (AvgIpc) is 2.60. The molecular weight excluding hydrogens is 234 g/mol. The highest BCUT2D eigenvalue weighted by molar-refractivity contribution is 5.78. The second kappa shape index (κ2) is 7.13. The Balaban J connectivity index is 2.27. The van der Waals surface area contributed by atoms with Crippen LogP contribution in [0.25, 0.3) is 0 Å². The van der Waals surface area contributed by atoms with Crippen molar-refractivity contribution in [2.45, 2.75) is 33.4 Å². The summed E-state index contributed by atoms with van der Waals surface area (Å²) >= 11 is 0. The van der Waals surface area contributed by atoms with E-state index in [-0.39, 0.29) is 18.5 Å². The van der Waals surface area contributed by atoms with Gasteiger partial charge in [0.15, 0.2) is 0 Å². The highest BCUT2D eigenvalue weighted by Gasteiger charge is 2.10. The second-order valence-corrected chi connectivity index (χ2v) is 4.33. The summed E-state index contributed by atoms with van der Waals surface area (Å²) < 4.78 is 9.99. The molecule has 1 aromatic rings. The Bertz CT molecular complexity index is 370.